The fourth-order valence-corrected chi connectivity index (χ4v) is 8.91. The van der Waals surface area contributed by atoms with Gasteiger partial charge in [-0.15, -0.1) is 0 Å². The van der Waals surface area contributed by atoms with Crippen LogP contribution in [0.15, 0.2) is 115 Å². The summed E-state index contributed by atoms with van der Waals surface area (Å²) in [6.07, 6.45) is 0. The molecule has 4 aromatic rings. The van der Waals surface area contributed by atoms with Crippen LogP contribution in [0.1, 0.15) is 6.92 Å². The maximum atomic E-state index is 11.9. The van der Waals surface area contributed by atoms with Crippen molar-refractivity contribution >= 4 is 34.4 Å². The van der Waals surface area contributed by atoms with E-state index < -0.39 is 7.26 Å². The second kappa shape index (κ2) is 8.43. The summed E-state index contributed by atoms with van der Waals surface area (Å²) in [6, 6.07) is 39.7. The predicted octanol–water partition coefficient (Wildman–Crippen LogP) is 3.96. The van der Waals surface area contributed by atoms with Gasteiger partial charge in [0.15, 0.2) is 0 Å². The van der Waals surface area contributed by atoms with Gasteiger partial charge in [-0.05, 0) is 0 Å². The summed E-state index contributed by atoms with van der Waals surface area (Å²) in [6.45, 7) is 1.45. The molecule has 0 spiro atoms. The van der Waals surface area contributed by atoms with E-state index in [0.29, 0.717) is 5.75 Å². The summed E-state index contributed by atoms with van der Waals surface area (Å²) >= 11 is 0. The Hall–Kier alpha value is -3.22. The molecule has 0 amide bonds. The second-order valence-electron chi connectivity index (χ2n) is 6.94. The number of para-hydroxylation sites is 1. The van der Waals surface area contributed by atoms with Crippen LogP contribution in [0.4, 0.5) is 0 Å². The molecule has 0 N–H and O–H groups in total. The van der Waals surface area contributed by atoms with E-state index in [9.17, 15) is 4.79 Å². The number of esters is 1. The van der Waals surface area contributed by atoms with E-state index in [-0.39, 0.29) is 5.97 Å². The average molecular weight is 398 g/mol. The molecule has 0 bridgehead atoms. The first-order valence-electron chi connectivity index (χ1n) is 9.67. The summed E-state index contributed by atoms with van der Waals surface area (Å²) in [5.41, 5.74) is 0. The molecular formula is C26H23O2P. The minimum absolute atomic E-state index is 0.311. The fourth-order valence-electron chi connectivity index (χ4n) is 4.05. The first-order valence-corrected chi connectivity index (χ1v) is 11.7. The summed E-state index contributed by atoms with van der Waals surface area (Å²) in [4.78, 5) is 11.9. The summed E-state index contributed by atoms with van der Waals surface area (Å²) in [7, 11) is -2.69. The van der Waals surface area contributed by atoms with Crippen molar-refractivity contribution in [3.05, 3.63) is 115 Å². The van der Waals surface area contributed by atoms with Gasteiger partial charge in [-0.1, -0.05) is 0 Å². The van der Waals surface area contributed by atoms with Gasteiger partial charge in [0.1, 0.15) is 0 Å². The number of hydrogen-bond acceptors (Lipinski definition) is 2. The van der Waals surface area contributed by atoms with Crippen LogP contribution in [0.3, 0.4) is 0 Å². The number of benzene rings is 4. The number of hydrogen-bond donors (Lipinski definition) is 0. The van der Waals surface area contributed by atoms with Gasteiger partial charge in [0.2, 0.25) is 0 Å². The van der Waals surface area contributed by atoms with Crippen LogP contribution in [0.2, 0.25) is 0 Å². The van der Waals surface area contributed by atoms with Crippen LogP contribution < -0.4 is 26.0 Å². The van der Waals surface area contributed by atoms with E-state index in [1.807, 2.05) is 36.4 Å². The van der Waals surface area contributed by atoms with Crippen molar-refractivity contribution in [3.63, 3.8) is 0 Å². The average Bonchev–Trinajstić information content (AvgIpc) is 2.77. The van der Waals surface area contributed by atoms with Crippen LogP contribution in [0.5, 0.6) is 5.75 Å². The van der Waals surface area contributed by atoms with Gasteiger partial charge in [0.25, 0.3) is 0 Å². The first kappa shape index (κ1) is 19.1. The zero-order valence-electron chi connectivity index (χ0n) is 16.3. The third kappa shape index (κ3) is 3.60. The second-order valence-corrected chi connectivity index (χ2v) is 10.7. The molecule has 0 aromatic heterocycles. The van der Waals surface area contributed by atoms with Crippen LogP contribution >= 0.6 is 7.26 Å². The van der Waals surface area contributed by atoms with Gasteiger partial charge < -0.3 is 0 Å². The zero-order valence-corrected chi connectivity index (χ0v) is 17.3. The van der Waals surface area contributed by atoms with Crippen molar-refractivity contribution in [2.75, 3.05) is 0 Å². The Bertz CT molecular complexity index is 996. The summed E-state index contributed by atoms with van der Waals surface area (Å²) < 4.78 is 5.71. The van der Waals surface area contributed by atoms with Crippen molar-refractivity contribution in [1.29, 1.82) is 0 Å². The summed E-state index contributed by atoms with van der Waals surface area (Å²) in [5, 5.41) is 4.81. The Morgan fingerprint density at radius 3 is 1.38 bits per heavy atom. The van der Waals surface area contributed by atoms with Crippen LogP contribution in [0, 0.1) is 0 Å². The van der Waals surface area contributed by atoms with E-state index in [2.05, 4.69) is 78.9 Å². The van der Waals surface area contributed by atoms with Gasteiger partial charge in [-0.25, -0.2) is 0 Å². The normalized spacial score (nSPS) is 11.6. The Balaban J connectivity index is 2.14. The van der Waals surface area contributed by atoms with Crippen molar-refractivity contribution in [2.45, 2.75) is 6.92 Å². The monoisotopic (exact) mass is 398 g/mol. The Kier molecular flexibility index (Phi) is 5.55. The van der Waals surface area contributed by atoms with Crippen molar-refractivity contribution in [3.8, 4) is 5.75 Å². The molecule has 0 saturated carbocycles. The van der Waals surface area contributed by atoms with Gasteiger partial charge in [0.05, 0.1) is 0 Å². The quantitative estimate of drug-likeness (QED) is 0.289. The van der Waals surface area contributed by atoms with Crippen LogP contribution in [0.25, 0.3) is 0 Å². The number of rotatable bonds is 5. The molecule has 29 heavy (non-hydrogen) atoms. The molecule has 2 nitrogen and oxygen atoms in total. The minimum atomic E-state index is -2.69. The Morgan fingerprint density at radius 2 is 0.966 bits per heavy atom. The molecular weight excluding hydrogens is 375 g/mol. The molecule has 0 aliphatic carbocycles. The molecule has 0 radical (unpaired) electrons. The van der Waals surface area contributed by atoms with E-state index in [1.165, 1.54) is 22.8 Å². The molecule has 3 heteroatoms. The topological polar surface area (TPSA) is 26.3 Å². The fraction of sp³-hybridized carbons (Fsp3) is 0.0385. The third-order valence-electron chi connectivity index (χ3n) is 5.17. The van der Waals surface area contributed by atoms with Crippen molar-refractivity contribution < 1.29 is 9.53 Å². The van der Waals surface area contributed by atoms with Gasteiger partial charge >= 0.3 is 172 Å². The number of ether oxygens (including phenoxy) is 1. The number of carbonyl (C=O) groups excluding carboxylic acids is 1. The molecule has 0 saturated heterocycles. The summed E-state index contributed by atoms with van der Waals surface area (Å²) in [5.74, 6) is 0.317. The molecule has 4 aromatic carbocycles. The Morgan fingerprint density at radius 1 is 0.586 bits per heavy atom. The first-order chi connectivity index (χ1) is 14.2. The molecule has 0 fully saturated rings. The van der Waals surface area contributed by atoms with E-state index >= 15 is 0 Å². The maximum absolute atomic E-state index is 11.9. The van der Waals surface area contributed by atoms with Crippen LogP contribution in [-0.2, 0) is 4.79 Å². The SMILES string of the molecule is CC(=O)Oc1ccccc1[PH](c1ccccc1)(c1ccccc1)c1ccccc1. The molecule has 0 heterocycles. The molecule has 4 rings (SSSR count). The molecule has 144 valence electrons. The molecule has 0 unspecified atom stereocenters. The van der Waals surface area contributed by atoms with Gasteiger partial charge in [-0.3, -0.25) is 0 Å². The number of carbonyl (C=O) groups is 1. The van der Waals surface area contributed by atoms with Gasteiger partial charge in [0, 0.05) is 0 Å². The molecule has 0 atom stereocenters. The van der Waals surface area contributed by atoms with E-state index in [1.54, 1.807) is 0 Å². The van der Waals surface area contributed by atoms with Crippen LogP contribution in [-0.4, -0.2) is 5.97 Å². The molecule has 0 aliphatic rings. The molecule has 0 aliphatic heterocycles. The van der Waals surface area contributed by atoms with Crippen molar-refractivity contribution in [2.24, 2.45) is 0 Å². The standard InChI is InChI=1S/C26H23O2P/c1-21(27)28-25-19-11-12-20-26(25)29(22-13-5-2-6-14-22,23-15-7-3-8-16-23)24-17-9-4-10-18-24/h2-20,29H,1H3. The van der Waals surface area contributed by atoms with Crippen molar-refractivity contribution in [1.82, 2.24) is 0 Å². The predicted molar refractivity (Wildman–Crippen MR) is 124 cm³/mol. The van der Waals surface area contributed by atoms with E-state index in [4.69, 9.17) is 4.74 Å². The van der Waals surface area contributed by atoms with Gasteiger partial charge in [-0.2, -0.15) is 0 Å². The zero-order chi connectivity index (χ0) is 20.1. The van der Waals surface area contributed by atoms with E-state index in [0.717, 1.165) is 5.30 Å². The Labute approximate surface area is 172 Å². The third-order valence-corrected chi connectivity index (χ3v) is 9.98.